The Labute approximate surface area is 140 Å². The predicted molar refractivity (Wildman–Crippen MR) is 41.3 cm³/mol. The number of carbonyl (C=O) groups is 2. The van der Waals surface area contributed by atoms with E-state index >= 15 is 0 Å². The summed E-state index contributed by atoms with van der Waals surface area (Å²) in [5.41, 5.74) is 9.59. The van der Waals surface area contributed by atoms with Gasteiger partial charge < -0.3 is 24.1 Å². The number of nitrogens with two attached hydrogens (primary N) is 2. The zero-order valence-electron chi connectivity index (χ0n) is 8.59. The standard InChI is InChI=1S/C7H10N2O2.BrO3.K/c8-6(10)4-2-1-3-5-7(9)11;2-1(3)4;/h2-5H,1H2,(H2,8,10)(H2,9,11);;/q;-1;+1. The van der Waals surface area contributed by atoms with Crippen molar-refractivity contribution in [3.63, 3.8) is 0 Å². The summed E-state index contributed by atoms with van der Waals surface area (Å²) < 4.78 is 25.6. The molecule has 0 saturated heterocycles. The molecule has 0 aromatic carbocycles. The smallest absolute Gasteiger partial charge is 0.405 e. The van der Waals surface area contributed by atoms with E-state index in [0.29, 0.717) is 6.42 Å². The summed E-state index contributed by atoms with van der Waals surface area (Å²) in [6.45, 7) is 0. The first-order valence-corrected chi connectivity index (χ1v) is 5.45. The van der Waals surface area contributed by atoms with Gasteiger partial charge in [0, 0.05) is 0 Å². The monoisotopic (exact) mass is 320 g/mol. The molecule has 0 fully saturated rings. The third-order valence-corrected chi connectivity index (χ3v) is 0.836. The van der Waals surface area contributed by atoms with E-state index < -0.39 is 26.6 Å². The molecular formula is C7H10BrKN2O5. The van der Waals surface area contributed by atoms with Crippen LogP contribution in [-0.2, 0) is 9.59 Å². The van der Waals surface area contributed by atoms with Gasteiger partial charge >= 0.3 is 51.4 Å². The van der Waals surface area contributed by atoms with E-state index in [4.69, 9.17) is 24.1 Å². The van der Waals surface area contributed by atoms with E-state index in [2.05, 4.69) is 0 Å². The molecule has 0 saturated carbocycles. The molecule has 0 radical (unpaired) electrons. The van der Waals surface area contributed by atoms with Crippen molar-refractivity contribution in [2.45, 2.75) is 6.42 Å². The summed E-state index contributed by atoms with van der Waals surface area (Å²) in [4.78, 5) is 20.2. The molecule has 16 heavy (non-hydrogen) atoms. The fourth-order valence-corrected chi connectivity index (χ4v) is 0.447. The third-order valence-electron chi connectivity index (χ3n) is 0.836. The minimum Gasteiger partial charge on any atom is -0.405 e. The minimum atomic E-state index is -3.65. The van der Waals surface area contributed by atoms with Crippen molar-refractivity contribution in [2.24, 2.45) is 11.5 Å². The van der Waals surface area contributed by atoms with Gasteiger partial charge in [0.2, 0.25) is 26.6 Å². The van der Waals surface area contributed by atoms with Crippen LogP contribution in [0.1, 0.15) is 6.42 Å². The molecule has 4 N–H and O–H groups in total. The molecule has 0 aliphatic carbocycles. The van der Waals surface area contributed by atoms with Gasteiger partial charge in [-0.15, -0.1) is 0 Å². The molecule has 0 spiro atoms. The maximum atomic E-state index is 10.1. The van der Waals surface area contributed by atoms with Crippen LogP contribution in [0.4, 0.5) is 0 Å². The fourth-order valence-electron chi connectivity index (χ4n) is 0.447. The second-order valence-electron chi connectivity index (χ2n) is 2.03. The molecule has 9 heteroatoms. The number of carbonyl (C=O) groups excluding carboxylic acids is 2. The maximum absolute atomic E-state index is 10.1. The topological polar surface area (TPSA) is 155 Å². The van der Waals surface area contributed by atoms with Crippen LogP contribution in [0, 0.1) is 14.8 Å². The molecule has 0 heterocycles. The van der Waals surface area contributed by atoms with Crippen molar-refractivity contribution in [2.75, 3.05) is 0 Å². The van der Waals surface area contributed by atoms with Gasteiger partial charge in [-0.05, 0) is 18.6 Å². The summed E-state index contributed by atoms with van der Waals surface area (Å²) in [7, 11) is 0. The van der Waals surface area contributed by atoms with E-state index in [-0.39, 0.29) is 51.4 Å². The van der Waals surface area contributed by atoms with Crippen molar-refractivity contribution in [1.29, 1.82) is 0 Å². The molecule has 0 aliphatic heterocycles. The van der Waals surface area contributed by atoms with Crippen LogP contribution < -0.4 is 75.4 Å². The van der Waals surface area contributed by atoms with Crippen LogP contribution in [0.2, 0.25) is 0 Å². The maximum Gasteiger partial charge on any atom is 1.00 e. The van der Waals surface area contributed by atoms with E-state index in [9.17, 15) is 9.59 Å². The van der Waals surface area contributed by atoms with Gasteiger partial charge in [-0.25, -0.2) is 0 Å². The van der Waals surface area contributed by atoms with Crippen molar-refractivity contribution >= 4 is 11.8 Å². The number of halogens is 1. The SMILES string of the molecule is NC(=O)C=CCC=CC(N)=O.[K+].[O-][Br+2]([O-])[O-]. The van der Waals surface area contributed by atoms with Crippen LogP contribution in [0.5, 0.6) is 0 Å². The van der Waals surface area contributed by atoms with Crippen LogP contribution in [0.25, 0.3) is 0 Å². The quantitative estimate of drug-likeness (QED) is 0.389. The average Bonchev–Trinajstić information content (AvgIpc) is 2.01. The van der Waals surface area contributed by atoms with Gasteiger partial charge in [0.05, 0.1) is 0 Å². The number of rotatable bonds is 4. The van der Waals surface area contributed by atoms with Crippen LogP contribution in [-0.4, -0.2) is 11.8 Å². The first-order chi connectivity index (χ1) is 6.86. The normalized spacial score (nSPS) is 9.75. The predicted octanol–water partition coefficient (Wildman–Crippen LogP) is -7.10. The largest absolute Gasteiger partial charge is 1.00 e. The Hall–Kier alpha value is 0.416. The Morgan fingerprint density at radius 3 is 1.44 bits per heavy atom. The van der Waals surface area contributed by atoms with E-state index in [1.165, 1.54) is 12.2 Å². The Kier molecular flexibility index (Phi) is 20.9. The number of hydrogen-bond acceptors (Lipinski definition) is 5. The van der Waals surface area contributed by atoms with Gasteiger partial charge in [0.25, 0.3) is 0 Å². The Balaban J connectivity index is -0.000000292. The summed E-state index contributed by atoms with van der Waals surface area (Å²) in [6, 6.07) is 0. The molecular weight excluding hydrogens is 311 g/mol. The zero-order valence-corrected chi connectivity index (χ0v) is 13.3. The van der Waals surface area contributed by atoms with E-state index in [1.54, 1.807) is 12.2 Å². The van der Waals surface area contributed by atoms with E-state index in [1.807, 2.05) is 0 Å². The Bertz CT molecular complexity index is 232. The number of allylic oxidation sites excluding steroid dienone is 2. The van der Waals surface area contributed by atoms with Crippen LogP contribution in [0.3, 0.4) is 0 Å². The van der Waals surface area contributed by atoms with Crippen molar-refractivity contribution in [1.82, 2.24) is 0 Å². The number of primary amides is 2. The summed E-state index contributed by atoms with van der Waals surface area (Å²) in [5.74, 6) is -1.00. The first kappa shape index (κ1) is 21.7. The summed E-state index contributed by atoms with van der Waals surface area (Å²) in [6.07, 6.45) is 6.02. The van der Waals surface area contributed by atoms with Crippen LogP contribution >= 0.6 is 0 Å². The molecule has 86 valence electrons. The van der Waals surface area contributed by atoms with E-state index in [0.717, 1.165) is 0 Å². The fraction of sp³-hybridized carbons (Fsp3) is 0.143. The molecule has 0 aliphatic rings. The molecule has 0 aromatic rings. The first-order valence-electron chi connectivity index (χ1n) is 3.51. The van der Waals surface area contributed by atoms with Gasteiger partial charge in [0.1, 0.15) is 0 Å². The van der Waals surface area contributed by atoms with Crippen molar-refractivity contribution < 1.29 is 88.4 Å². The Morgan fingerprint density at radius 1 is 1.00 bits per heavy atom. The minimum absolute atomic E-state index is 0. The van der Waals surface area contributed by atoms with Gasteiger partial charge in [0.15, 0.2) is 0 Å². The molecule has 0 rings (SSSR count). The van der Waals surface area contributed by atoms with Crippen molar-refractivity contribution in [3.8, 4) is 0 Å². The number of amides is 2. The Morgan fingerprint density at radius 2 is 1.25 bits per heavy atom. The van der Waals surface area contributed by atoms with Gasteiger partial charge in [-0.1, -0.05) is 12.2 Å². The zero-order chi connectivity index (χ0) is 12.3. The number of hydrogen-bond donors (Lipinski definition) is 2. The second-order valence-corrected chi connectivity index (χ2v) is 2.83. The average molecular weight is 321 g/mol. The molecule has 2 amide bonds. The van der Waals surface area contributed by atoms with Crippen molar-refractivity contribution in [3.05, 3.63) is 24.3 Å². The molecule has 0 bridgehead atoms. The third kappa shape index (κ3) is 36.6. The molecule has 0 atom stereocenters. The van der Waals surface area contributed by atoms with Crippen LogP contribution in [0.15, 0.2) is 24.3 Å². The summed E-state index contributed by atoms with van der Waals surface area (Å²) in [5, 5.41) is 0. The summed E-state index contributed by atoms with van der Waals surface area (Å²) >= 11 is -3.65. The van der Waals surface area contributed by atoms with Gasteiger partial charge in [-0.3, -0.25) is 9.59 Å². The second kappa shape index (κ2) is 15.4. The molecule has 0 unspecified atom stereocenters. The van der Waals surface area contributed by atoms with Gasteiger partial charge in [-0.2, -0.15) is 0 Å². The molecule has 0 aromatic heterocycles. The molecule has 7 nitrogen and oxygen atoms in total.